The zero-order valence-electron chi connectivity index (χ0n) is 10.8. The Hall–Kier alpha value is 0.577. The fourth-order valence-corrected chi connectivity index (χ4v) is 4.70. The number of hydrogen-bond acceptors (Lipinski definition) is 3. The van der Waals surface area contributed by atoms with Crippen molar-refractivity contribution in [2.75, 3.05) is 25.2 Å². The molecule has 0 aromatic heterocycles. The van der Waals surface area contributed by atoms with Gasteiger partial charge in [0.05, 0.1) is 0 Å². The highest BCUT2D eigenvalue weighted by Gasteiger charge is 2.39. The van der Waals surface area contributed by atoms with E-state index in [2.05, 4.69) is 15.9 Å². The largest absolute Gasteiger partial charge is 0.500 e. The molecule has 0 aliphatic carbocycles. The molecule has 0 spiro atoms. The Balaban J connectivity index is 4.12. The van der Waals surface area contributed by atoms with Gasteiger partial charge in [-0.2, -0.15) is 0 Å². The predicted molar refractivity (Wildman–Crippen MR) is 73.1 cm³/mol. The molecule has 0 fully saturated rings. The second kappa shape index (κ2) is 10.7. The molecule has 0 atom stereocenters. The molecule has 0 radical (unpaired) electrons. The van der Waals surface area contributed by atoms with Gasteiger partial charge in [0.25, 0.3) is 0 Å². The first-order valence-electron chi connectivity index (χ1n) is 6.22. The van der Waals surface area contributed by atoms with Gasteiger partial charge >= 0.3 is 8.80 Å². The third kappa shape index (κ3) is 7.01. The van der Waals surface area contributed by atoms with E-state index in [4.69, 9.17) is 13.3 Å². The molecular formula is C11H25BrO3Si. The van der Waals surface area contributed by atoms with E-state index in [9.17, 15) is 0 Å². The first-order valence-corrected chi connectivity index (χ1v) is 9.27. The lowest BCUT2D eigenvalue weighted by molar-refractivity contribution is 0.0707. The minimum absolute atomic E-state index is 0.671. The van der Waals surface area contributed by atoms with Crippen LogP contribution in [0, 0.1) is 0 Å². The molecule has 0 aliphatic heterocycles. The lowest BCUT2D eigenvalue weighted by Crippen LogP contribution is -2.45. The highest BCUT2D eigenvalue weighted by atomic mass is 79.9. The van der Waals surface area contributed by atoms with Crippen LogP contribution in [0.1, 0.15) is 40.0 Å². The van der Waals surface area contributed by atoms with Crippen LogP contribution in [0.5, 0.6) is 0 Å². The summed E-state index contributed by atoms with van der Waals surface area (Å²) in [7, 11) is -2.36. The van der Waals surface area contributed by atoms with Crippen molar-refractivity contribution in [2.45, 2.75) is 46.1 Å². The van der Waals surface area contributed by atoms with Crippen molar-refractivity contribution in [1.29, 1.82) is 0 Å². The van der Waals surface area contributed by atoms with Gasteiger partial charge < -0.3 is 13.3 Å². The van der Waals surface area contributed by atoms with Crippen LogP contribution in [0.25, 0.3) is 0 Å². The minimum Gasteiger partial charge on any atom is -0.374 e. The Morgan fingerprint density at radius 1 is 0.812 bits per heavy atom. The second-order valence-corrected chi connectivity index (χ2v) is 7.01. The van der Waals surface area contributed by atoms with Gasteiger partial charge in [-0.15, -0.1) is 0 Å². The molecule has 0 saturated carbocycles. The molecule has 0 unspecified atom stereocenters. The molecule has 0 bridgehead atoms. The Morgan fingerprint density at radius 2 is 1.31 bits per heavy atom. The summed E-state index contributed by atoms with van der Waals surface area (Å²) < 4.78 is 17.3. The van der Waals surface area contributed by atoms with Crippen LogP contribution in [0.3, 0.4) is 0 Å². The topological polar surface area (TPSA) is 27.7 Å². The van der Waals surface area contributed by atoms with Crippen LogP contribution >= 0.6 is 15.9 Å². The van der Waals surface area contributed by atoms with Crippen molar-refractivity contribution >= 4 is 24.7 Å². The van der Waals surface area contributed by atoms with Gasteiger partial charge in [-0.3, -0.25) is 0 Å². The average Bonchev–Trinajstić information content (AvgIpc) is 2.26. The zero-order chi connectivity index (χ0) is 12.3. The smallest absolute Gasteiger partial charge is 0.374 e. The molecule has 0 aromatic rings. The maximum absolute atomic E-state index is 5.77. The monoisotopic (exact) mass is 312 g/mol. The van der Waals surface area contributed by atoms with E-state index in [1.54, 1.807) is 0 Å². The van der Waals surface area contributed by atoms with E-state index >= 15 is 0 Å². The molecule has 0 amide bonds. The third-order valence-corrected chi connectivity index (χ3v) is 5.92. The minimum atomic E-state index is -2.36. The van der Waals surface area contributed by atoms with Crippen LogP contribution in [-0.2, 0) is 13.3 Å². The highest BCUT2D eigenvalue weighted by Crippen LogP contribution is 2.20. The standard InChI is InChI=1S/C11H25BrO3Si/c1-4-13-16(14-5-2,15-6-3)11-9-7-8-10-12/h4-11H2,1-3H3. The van der Waals surface area contributed by atoms with Crippen molar-refractivity contribution in [1.82, 2.24) is 0 Å². The van der Waals surface area contributed by atoms with Gasteiger partial charge in [-0.25, -0.2) is 0 Å². The number of alkyl halides is 1. The predicted octanol–water partition coefficient (Wildman–Crippen LogP) is 3.60. The van der Waals surface area contributed by atoms with Crippen LogP contribution in [-0.4, -0.2) is 34.0 Å². The van der Waals surface area contributed by atoms with E-state index in [-0.39, 0.29) is 0 Å². The van der Waals surface area contributed by atoms with Gasteiger partial charge in [0.15, 0.2) is 0 Å². The van der Waals surface area contributed by atoms with E-state index in [1.165, 1.54) is 12.8 Å². The third-order valence-electron chi connectivity index (χ3n) is 2.21. The van der Waals surface area contributed by atoms with E-state index < -0.39 is 8.80 Å². The van der Waals surface area contributed by atoms with Crippen LogP contribution < -0.4 is 0 Å². The van der Waals surface area contributed by atoms with E-state index in [1.807, 2.05) is 20.8 Å². The normalized spacial score (nSPS) is 12.0. The Kier molecular flexibility index (Phi) is 11.1. The van der Waals surface area contributed by atoms with Gasteiger partial charge in [0.1, 0.15) is 0 Å². The van der Waals surface area contributed by atoms with Gasteiger partial charge in [0, 0.05) is 31.2 Å². The summed E-state index contributed by atoms with van der Waals surface area (Å²) in [5.41, 5.74) is 0. The van der Waals surface area contributed by atoms with Gasteiger partial charge in [0.2, 0.25) is 0 Å². The lowest BCUT2D eigenvalue weighted by atomic mass is 10.3. The lowest BCUT2D eigenvalue weighted by Gasteiger charge is -2.28. The Bertz CT molecular complexity index is 141. The quantitative estimate of drug-likeness (QED) is 0.331. The first kappa shape index (κ1) is 16.6. The zero-order valence-corrected chi connectivity index (χ0v) is 13.3. The maximum Gasteiger partial charge on any atom is 0.500 e. The fourth-order valence-electron chi connectivity index (χ4n) is 1.61. The summed E-state index contributed by atoms with van der Waals surface area (Å²) in [6, 6.07) is 0.940. The Labute approximate surface area is 109 Å². The first-order chi connectivity index (χ1) is 7.74. The number of halogens is 1. The maximum atomic E-state index is 5.77. The summed E-state index contributed by atoms with van der Waals surface area (Å²) in [6.07, 6.45) is 3.53. The second-order valence-electron chi connectivity index (χ2n) is 3.48. The highest BCUT2D eigenvalue weighted by molar-refractivity contribution is 9.09. The fraction of sp³-hybridized carbons (Fsp3) is 1.00. The van der Waals surface area contributed by atoms with Crippen molar-refractivity contribution in [3.63, 3.8) is 0 Å². The number of unbranched alkanes of at least 4 members (excludes halogenated alkanes) is 2. The van der Waals surface area contributed by atoms with Crippen molar-refractivity contribution < 1.29 is 13.3 Å². The summed E-state index contributed by atoms with van der Waals surface area (Å²) in [4.78, 5) is 0. The van der Waals surface area contributed by atoms with Crippen LogP contribution in [0.2, 0.25) is 6.04 Å². The van der Waals surface area contributed by atoms with Crippen LogP contribution in [0.15, 0.2) is 0 Å². The molecule has 0 N–H and O–H groups in total. The molecule has 0 heterocycles. The molecule has 0 rings (SSSR count). The summed E-state index contributed by atoms with van der Waals surface area (Å²) >= 11 is 3.44. The number of hydrogen-bond donors (Lipinski definition) is 0. The van der Waals surface area contributed by atoms with Crippen molar-refractivity contribution in [2.24, 2.45) is 0 Å². The molecular weight excluding hydrogens is 288 g/mol. The average molecular weight is 313 g/mol. The molecule has 3 nitrogen and oxygen atoms in total. The molecule has 0 aromatic carbocycles. The van der Waals surface area contributed by atoms with Crippen LogP contribution in [0.4, 0.5) is 0 Å². The van der Waals surface area contributed by atoms with E-state index in [0.29, 0.717) is 19.8 Å². The summed E-state index contributed by atoms with van der Waals surface area (Å²) in [6.45, 7) is 8.01. The van der Waals surface area contributed by atoms with Crippen molar-refractivity contribution in [3.05, 3.63) is 0 Å². The molecule has 5 heteroatoms. The summed E-state index contributed by atoms with van der Waals surface area (Å²) in [5, 5.41) is 1.07. The van der Waals surface area contributed by atoms with Gasteiger partial charge in [-0.05, 0) is 33.6 Å². The van der Waals surface area contributed by atoms with E-state index in [0.717, 1.165) is 17.8 Å². The number of rotatable bonds is 11. The molecule has 0 aliphatic rings. The molecule has 16 heavy (non-hydrogen) atoms. The SMILES string of the molecule is CCO[Si](CCCCCBr)(OCC)OCC. The Morgan fingerprint density at radius 3 is 1.69 bits per heavy atom. The summed E-state index contributed by atoms with van der Waals surface area (Å²) in [5.74, 6) is 0. The molecule has 0 saturated heterocycles. The van der Waals surface area contributed by atoms with Crippen molar-refractivity contribution in [3.8, 4) is 0 Å². The van der Waals surface area contributed by atoms with Gasteiger partial charge in [-0.1, -0.05) is 22.4 Å². The molecule has 98 valence electrons.